The molecule has 0 spiro atoms. The first-order valence-corrected chi connectivity index (χ1v) is 6.79. The van der Waals surface area contributed by atoms with E-state index in [0.717, 1.165) is 11.3 Å². The summed E-state index contributed by atoms with van der Waals surface area (Å²) >= 11 is 0. The molecule has 1 saturated heterocycles. The van der Waals surface area contributed by atoms with Gasteiger partial charge in [-0.1, -0.05) is 18.2 Å². The summed E-state index contributed by atoms with van der Waals surface area (Å²) in [6.45, 7) is 3.70. The molecule has 0 radical (unpaired) electrons. The Balaban J connectivity index is 1.80. The van der Waals surface area contributed by atoms with Gasteiger partial charge in [0.05, 0.1) is 24.9 Å². The summed E-state index contributed by atoms with van der Waals surface area (Å²) in [6, 6.07) is 6.15. The summed E-state index contributed by atoms with van der Waals surface area (Å²) in [5.74, 6) is 1.64. The lowest BCUT2D eigenvalue weighted by atomic mass is 9.61. The van der Waals surface area contributed by atoms with Crippen LogP contribution in [-0.4, -0.2) is 17.8 Å². The van der Waals surface area contributed by atoms with Gasteiger partial charge in [-0.05, 0) is 31.1 Å². The van der Waals surface area contributed by atoms with Crippen molar-refractivity contribution in [1.82, 2.24) is 0 Å². The average Bonchev–Trinajstić information content (AvgIpc) is 2.78. The van der Waals surface area contributed by atoms with Crippen molar-refractivity contribution in [2.24, 2.45) is 11.8 Å². The lowest BCUT2D eigenvalue weighted by Gasteiger charge is -2.42. The number of ether oxygens (including phenoxy) is 2. The van der Waals surface area contributed by atoms with Crippen LogP contribution in [0, 0.1) is 11.8 Å². The first-order chi connectivity index (χ1) is 9.02. The second kappa shape index (κ2) is 3.41. The number of benzene rings is 1. The van der Waals surface area contributed by atoms with Gasteiger partial charge in [0.15, 0.2) is 0 Å². The van der Waals surface area contributed by atoms with Crippen molar-refractivity contribution in [3.8, 4) is 5.75 Å². The van der Waals surface area contributed by atoms with Crippen LogP contribution in [0.2, 0.25) is 0 Å². The van der Waals surface area contributed by atoms with Gasteiger partial charge in [-0.15, -0.1) is 0 Å². The molecule has 2 aliphatic heterocycles. The lowest BCUT2D eigenvalue weighted by molar-refractivity contribution is 0.0539. The zero-order chi connectivity index (χ0) is 13.4. The minimum Gasteiger partial charge on any atom is -0.496 e. The third kappa shape index (κ3) is 1.30. The smallest absolute Gasteiger partial charge is 0.125 e. The fourth-order valence-electron chi connectivity index (χ4n) is 3.92. The van der Waals surface area contributed by atoms with Crippen molar-refractivity contribution < 1.29 is 14.6 Å². The van der Waals surface area contributed by atoms with E-state index in [1.165, 1.54) is 11.1 Å². The molecule has 19 heavy (non-hydrogen) atoms. The van der Waals surface area contributed by atoms with Crippen LogP contribution in [0.4, 0.5) is 0 Å². The summed E-state index contributed by atoms with van der Waals surface area (Å²) in [6.07, 6.45) is 2.39. The summed E-state index contributed by atoms with van der Waals surface area (Å²) in [5.41, 5.74) is 2.81. The summed E-state index contributed by atoms with van der Waals surface area (Å²) in [5, 5.41) is 10.2. The number of hydrogen-bond donors (Lipinski definition) is 1. The Hall–Kier alpha value is -1.32. The topological polar surface area (TPSA) is 38.7 Å². The van der Waals surface area contributed by atoms with Crippen LogP contribution in [0.1, 0.15) is 37.2 Å². The van der Waals surface area contributed by atoms with E-state index in [2.05, 4.69) is 12.1 Å². The predicted molar refractivity (Wildman–Crippen MR) is 70.9 cm³/mol. The second-order valence-electron chi connectivity index (χ2n) is 6.22. The Kier molecular flexibility index (Phi) is 2.06. The highest BCUT2D eigenvalue weighted by atomic mass is 16.5. The summed E-state index contributed by atoms with van der Waals surface area (Å²) in [4.78, 5) is 0. The van der Waals surface area contributed by atoms with E-state index in [1.54, 1.807) is 7.11 Å². The number of fused-ring (bicyclic) bond motifs is 8. The zero-order valence-electron chi connectivity index (χ0n) is 11.4. The third-order valence-corrected chi connectivity index (χ3v) is 4.73. The molecule has 2 bridgehead atoms. The van der Waals surface area contributed by atoms with Crippen LogP contribution < -0.4 is 4.74 Å². The van der Waals surface area contributed by atoms with Gasteiger partial charge in [-0.3, -0.25) is 0 Å². The van der Waals surface area contributed by atoms with Gasteiger partial charge in [-0.2, -0.15) is 0 Å². The van der Waals surface area contributed by atoms with Crippen LogP contribution in [0.25, 0.3) is 0 Å². The minimum absolute atomic E-state index is 0.0487. The van der Waals surface area contributed by atoms with E-state index in [0.29, 0.717) is 11.8 Å². The molecule has 100 valence electrons. The molecular formula is C16H18O3. The van der Waals surface area contributed by atoms with Gasteiger partial charge in [0.2, 0.25) is 0 Å². The average molecular weight is 258 g/mol. The molecule has 1 aliphatic carbocycles. The summed E-state index contributed by atoms with van der Waals surface area (Å²) in [7, 11) is 1.70. The molecule has 1 fully saturated rings. The predicted octanol–water partition coefficient (Wildman–Crippen LogP) is 2.76. The molecule has 3 aliphatic rings. The molecule has 1 N–H and O–H groups in total. The van der Waals surface area contributed by atoms with Crippen molar-refractivity contribution in [3.63, 3.8) is 0 Å². The highest BCUT2D eigenvalue weighted by molar-refractivity contribution is 5.53. The minimum atomic E-state index is -0.753. The SMILES string of the molecule is COc1cccc2c1[C@@H]1O[C@H]2[C@H]2C=C(C(C)(C)O)[C@H]21. The molecular weight excluding hydrogens is 240 g/mol. The maximum Gasteiger partial charge on any atom is 0.125 e. The molecule has 1 aromatic rings. The van der Waals surface area contributed by atoms with Gasteiger partial charge in [0.1, 0.15) is 5.75 Å². The first-order valence-electron chi connectivity index (χ1n) is 6.79. The van der Waals surface area contributed by atoms with E-state index in [4.69, 9.17) is 9.47 Å². The lowest BCUT2D eigenvalue weighted by Crippen LogP contribution is -2.40. The van der Waals surface area contributed by atoms with E-state index in [-0.39, 0.29) is 12.2 Å². The standard InChI is InChI=1S/C16H18O3/c1-16(2,17)10-7-9-12(10)15-13-8(14(9)19-15)5-4-6-11(13)18-3/h4-7,9,12,14-15,17H,1-3H3/t9-,12-,14+,15+/m0/s1. The Morgan fingerprint density at radius 1 is 1.26 bits per heavy atom. The fraction of sp³-hybridized carbons (Fsp3) is 0.500. The molecule has 2 heterocycles. The molecule has 1 aromatic carbocycles. The molecule has 3 heteroatoms. The van der Waals surface area contributed by atoms with Gasteiger partial charge >= 0.3 is 0 Å². The molecule has 4 atom stereocenters. The molecule has 0 saturated carbocycles. The zero-order valence-corrected chi connectivity index (χ0v) is 11.4. The van der Waals surface area contributed by atoms with Crippen LogP contribution in [0.3, 0.4) is 0 Å². The van der Waals surface area contributed by atoms with Gasteiger partial charge in [0.25, 0.3) is 0 Å². The summed E-state index contributed by atoms with van der Waals surface area (Å²) < 4.78 is 11.6. The van der Waals surface area contributed by atoms with Crippen LogP contribution in [0.15, 0.2) is 29.8 Å². The Labute approximate surface area is 112 Å². The van der Waals surface area contributed by atoms with Crippen molar-refractivity contribution in [2.75, 3.05) is 7.11 Å². The third-order valence-electron chi connectivity index (χ3n) is 4.73. The van der Waals surface area contributed by atoms with Gasteiger partial charge in [-0.25, -0.2) is 0 Å². The van der Waals surface area contributed by atoms with Crippen molar-refractivity contribution in [1.29, 1.82) is 0 Å². The normalized spacial score (nSPS) is 34.4. The van der Waals surface area contributed by atoms with Crippen LogP contribution >= 0.6 is 0 Å². The van der Waals surface area contributed by atoms with Crippen molar-refractivity contribution in [3.05, 3.63) is 41.0 Å². The number of methoxy groups -OCH3 is 1. The Morgan fingerprint density at radius 2 is 2.05 bits per heavy atom. The molecule has 0 aromatic heterocycles. The molecule has 0 amide bonds. The number of hydrogen-bond acceptors (Lipinski definition) is 3. The molecule has 4 rings (SSSR count). The second-order valence-corrected chi connectivity index (χ2v) is 6.22. The van der Waals surface area contributed by atoms with Gasteiger partial charge < -0.3 is 14.6 Å². The van der Waals surface area contributed by atoms with E-state index >= 15 is 0 Å². The van der Waals surface area contributed by atoms with Crippen molar-refractivity contribution in [2.45, 2.75) is 31.7 Å². The fourth-order valence-corrected chi connectivity index (χ4v) is 3.92. The highest BCUT2D eigenvalue weighted by Gasteiger charge is 2.59. The van der Waals surface area contributed by atoms with Crippen molar-refractivity contribution >= 4 is 0 Å². The highest BCUT2D eigenvalue weighted by Crippen LogP contribution is 2.66. The maximum absolute atomic E-state index is 10.2. The van der Waals surface area contributed by atoms with Gasteiger partial charge in [0, 0.05) is 17.4 Å². The van der Waals surface area contributed by atoms with E-state index in [1.807, 2.05) is 26.0 Å². The number of aliphatic hydroxyl groups is 1. The van der Waals surface area contributed by atoms with E-state index in [9.17, 15) is 5.11 Å². The van der Waals surface area contributed by atoms with E-state index < -0.39 is 5.60 Å². The van der Waals surface area contributed by atoms with Crippen LogP contribution in [-0.2, 0) is 4.74 Å². The maximum atomic E-state index is 10.2. The first kappa shape index (κ1) is 11.5. The largest absolute Gasteiger partial charge is 0.496 e. The quantitative estimate of drug-likeness (QED) is 0.829. The molecule has 3 nitrogen and oxygen atoms in total. The number of rotatable bonds is 2. The monoisotopic (exact) mass is 258 g/mol. The Morgan fingerprint density at radius 3 is 2.74 bits per heavy atom. The van der Waals surface area contributed by atoms with Crippen LogP contribution in [0.5, 0.6) is 5.75 Å². The molecule has 0 unspecified atom stereocenters. The Bertz CT molecular complexity index is 582.